The quantitative estimate of drug-likeness (QED) is 0.592. The number of benzene rings is 1. The molecule has 4 aromatic rings. The van der Waals surface area contributed by atoms with Gasteiger partial charge in [-0.2, -0.15) is 5.10 Å². The van der Waals surface area contributed by atoms with Gasteiger partial charge in [-0.05, 0) is 25.1 Å². The van der Waals surface area contributed by atoms with Crippen LogP contribution in [0, 0.1) is 6.92 Å². The van der Waals surface area contributed by atoms with Crippen LogP contribution >= 0.6 is 11.3 Å². The molecule has 0 unspecified atom stereocenters. The normalized spacial score (nSPS) is 11.1. The van der Waals surface area contributed by atoms with Gasteiger partial charge in [-0.25, -0.2) is 9.97 Å². The Hall–Kier alpha value is -2.73. The molecule has 0 bridgehead atoms. The first-order chi connectivity index (χ1) is 10.7. The largest absolute Gasteiger partial charge is 0.383 e. The lowest BCUT2D eigenvalue weighted by Gasteiger charge is -2.05. The van der Waals surface area contributed by atoms with Crippen molar-refractivity contribution >= 4 is 27.4 Å². The summed E-state index contributed by atoms with van der Waals surface area (Å²) >= 11 is 1.62. The summed E-state index contributed by atoms with van der Waals surface area (Å²) in [5, 5.41) is 7.91. The zero-order valence-corrected chi connectivity index (χ0v) is 12.7. The van der Waals surface area contributed by atoms with E-state index in [0.717, 1.165) is 37.6 Å². The summed E-state index contributed by atoms with van der Waals surface area (Å²) in [5.74, 6) is 0.490. The Bertz CT molecular complexity index is 937. The van der Waals surface area contributed by atoms with Crippen molar-refractivity contribution in [3.05, 3.63) is 48.4 Å². The zero-order valence-electron chi connectivity index (χ0n) is 11.9. The van der Waals surface area contributed by atoms with E-state index in [-0.39, 0.29) is 0 Å². The predicted molar refractivity (Wildman–Crippen MR) is 89.6 cm³/mol. The number of aromatic amines is 1. The van der Waals surface area contributed by atoms with Crippen molar-refractivity contribution in [3.63, 3.8) is 0 Å². The highest BCUT2D eigenvalue weighted by molar-refractivity contribution is 7.21. The molecule has 1 aromatic carbocycles. The molecule has 0 aliphatic rings. The summed E-state index contributed by atoms with van der Waals surface area (Å²) in [6.45, 7) is 1.96. The number of nitrogens with two attached hydrogens (primary N) is 1. The molecule has 22 heavy (non-hydrogen) atoms. The van der Waals surface area contributed by atoms with Crippen LogP contribution in [0.3, 0.4) is 0 Å². The van der Waals surface area contributed by atoms with Gasteiger partial charge >= 0.3 is 0 Å². The standard InChI is InChI=1S/C16H13N5S/c1-9-12(8-19-21-9)10-6-11(15(17)18-7-10)16-20-13-4-2-3-5-14(13)22-16/h2-8H,1H3,(H2,17,18)(H,19,21). The summed E-state index contributed by atoms with van der Waals surface area (Å²) in [6.07, 6.45) is 3.63. The number of nitrogen functional groups attached to an aromatic ring is 1. The molecule has 0 saturated carbocycles. The smallest absolute Gasteiger partial charge is 0.133 e. The van der Waals surface area contributed by atoms with E-state index in [0.29, 0.717) is 5.82 Å². The zero-order chi connectivity index (χ0) is 15.1. The van der Waals surface area contributed by atoms with Crippen LogP contribution < -0.4 is 5.73 Å². The first-order valence-corrected chi connectivity index (χ1v) is 7.66. The van der Waals surface area contributed by atoms with E-state index in [1.807, 2.05) is 37.4 Å². The minimum atomic E-state index is 0.490. The number of para-hydroxylation sites is 1. The van der Waals surface area contributed by atoms with Gasteiger partial charge in [0.05, 0.1) is 21.5 Å². The lowest BCUT2D eigenvalue weighted by Crippen LogP contribution is -1.94. The molecule has 3 aromatic heterocycles. The van der Waals surface area contributed by atoms with Gasteiger partial charge in [0.1, 0.15) is 10.8 Å². The van der Waals surface area contributed by atoms with E-state index in [1.165, 1.54) is 0 Å². The predicted octanol–water partition coefficient (Wildman–Crippen LogP) is 3.64. The molecule has 108 valence electrons. The Balaban J connectivity index is 1.89. The number of nitrogens with zero attached hydrogens (tertiary/aromatic N) is 3. The summed E-state index contributed by atoms with van der Waals surface area (Å²) < 4.78 is 1.14. The average Bonchev–Trinajstić information content (AvgIpc) is 3.13. The maximum Gasteiger partial charge on any atom is 0.133 e. The number of rotatable bonds is 2. The fourth-order valence-corrected chi connectivity index (χ4v) is 3.42. The molecule has 0 fully saturated rings. The highest BCUT2D eigenvalue weighted by atomic mass is 32.1. The lowest BCUT2D eigenvalue weighted by molar-refractivity contribution is 1.05. The van der Waals surface area contributed by atoms with Crippen LogP contribution in [-0.2, 0) is 0 Å². The maximum absolute atomic E-state index is 6.07. The van der Waals surface area contributed by atoms with Gasteiger partial charge in [-0.1, -0.05) is 12.1 Å². The molecule has 6 heteroatoms. The number of thiazole rings is 1. The van der Waals surface area contributed by atoms with Gasteiger partial charge in [-0.3, -0.25) is 5.10 Å². The van der Waals surface area contributed by atoms with E-state index in [4.69, 9.17) is 5.73 Å². The molecule has 0 aliphatic carbocycles. The van der Waals surface area contributed by atoms with Crippen molar-refractivity contribution in [1.29, 1.82) is 0 Å². The van der Waals surface area contributed by atoms with Crippen molar-refractivity contribution in [2.45, 2.75) is 6.92 Å². The third-order valence-corrected chi connectivity index (χ3v) is 4.65. The van der Waals surface area contributed by atoms with E-state index in [1.54, 1.807) is 17.5 Å². The second-order valence-electron chi connectivity index (χ2n) is 5.03. The van der Waals surface area contributed by atoms with Gasteiger partial charge in [-0.15, -0.1) is 11.3 Å². The van der Waals surface area contributed by atoms with Gasteiger partial charge in [0.2, 0.25) is 0 Å². The van der Waals surface area contributed by atoms with Crippen molar-refractivity contribution in [3.8, 4) is 21.7 Å². The number of hydrogen-bond donors (Lipinski definition) is 2. The van der Waals surface area contributed by atoms with Gasteiger partial charge in [0.15, 0.2) is 0 Å². The number of pyridine rings is 1. The van der Waals surface area contributed by atoms with Crippen molar-refractivity contribution < 1.29 is 0 Å². The first-order valence-electron chi connectivity index (χ1n) is 6.84. The van der Waals surface area contributed by atoms with E-state index < -0.39 is 0 Å². The van der Waals surface area contributed by atoms with Crippen LogP contribution in [0.2, 0.25) is 0 Å². The Morgan fingerprint density at radius 3 is 2.82 bits per heavy atom. The third kappa shape index (κ3) is 2.05. The minimum absolute atomic E-state index is 0.490. The molecule has 5 nitrogen and oxygen atoms in total. The number of fused-ring (bicyclic) bond motifs is 1. The summed E-state index contributed by atoms with van der Waals surface area (Å²) in [4.78, 5) is 8.99. The molecular formula is C16H13N5S. The molecule has 0 amide bonds. The number of hydrogen-bond acceptors (Lipinski definition) is 5. The van der Waals surface area contributed by atoms with Crippen LogP contribution in [0.5, 0.6) is 0 Å². The summed E-state index contributed by atoms with van der Waals surface area (Å²) in [7, 11) is 0. The molecule has 0 atom stereocenters. The Kier molecular flexibility index (Phi) is 2.90. The Morgan fingerprint density at radius 1 is 1.18 bits per heavy atom. The molecular weight excluding hydrogens is 294 g/mol. The second kappa shape index (κ2) is 4.92. The highest BCUT2D eigenvalue weighted by Crippen LogP contribution is 2.35. The summed E-state index contributed by atoms with van der Waals surface area (Å²) in [5.41, 5.74) is 10.8. The molecule has 4 rings (SSSR count). The van der Waals surface area contributed by atoms with Gasteiger partial charge < -0.3 is 5.73 Å². The van der Waals surface area contributed by atoms with Gasteiger partial charge in [0, 0.05) is 23.5 Å². The van der Waals surface area contributed by atoms with E-state index in [9.17, 15) is 0 Å². The molecule has 0 aliphatic heterocycles. The van der Waals surface area contributed by atoms with Crippen molar-refractivity contribution in [1.82, 2.24) is 20.2 Å². The van der Waals surface area contributed by atoms with Crippen LogP contribution in [0.1, 0.15) is 5.69 Å². The van der Waals surface area contributed by atoms with Crippen molar-refractivity contribution in [2.24, 2.45) is 0 Å². The second-order valence-corrected chi connectivity index (χ2v) is 6.06. The minimum Gasteiger partial charge on any atom is -0.383 e. The summed E-state index contributed by atoms with van der Waals surface area (Å²) in [6, 6.07) is 10.1. The van der Waals surface area contributed by atoms with E-state index >= 15 is 0 Å². The van der Waals surface area contributed by atoms with Crippen LogP contribution in [0.4, 0.5) is 5.82 Å². The molecule has 0 spiro atoms. The SMILES string of the molecule is Cc1n[nH]cc1-c1cnc(N)c(-c2nc3ccccc3s2)c1. The Labute approximate surface area is 130 Å². The molecule has 3 N–H and O–H groups in total. The lowest BCUT2D eigenvalue weighted by atomic mass is 10.1. The Morgan fingerprint density at radius 2 is 2.05 bits per heavy atom. The molecule has 0 radical (unpaired) electrons. The van der Waals surface area contributed by atoms with Crippen molar-refractivity contribution in [2.75, 3.05) is 5.73 Å². The number of H-pyrrole nitrogens is 1. The maximum atomic E-state index is 6.07. The fourth-order valence-electron chi connectivity index (χ4n) is 2.43. The van der Waals surface area contributed by atoms with Crippen LogP contribution in [-0.4, -0.2) is 20.2 Å². The monoisotopic (exact) mass is 307 g/mol. The van der Waals surface area contributed by atoms with Crippen LogP contribution in [0.15, 0.2) is 42.7 Å². The number of aromatic nitrogens is 4. The molecule has 3 heterocycles. The van der Waals surface area contributed by atoms with E-state index in [2.05, 4.69) is 26.2 Å². The van der Waals surface area contributed by atoms with Gasteiger partial charge in [0.25, 0.3) is 0 Å². The highest BCUT2D eigenvalue weighted by Gasteiger charge is 2.13. The fraction of sp³-hybridized carbons (Fsp3) is 0.0625. The molecule has 0 saturated heterocycles. The number of aryl methyl sites for hydroxylation is 1. The average molecular weight is 307 g/mol. The van der Waals surface area contributed by atoms with Crippen LogP contribution in [0.25, 0.3) is 31.9 Å². The number of anilines is 1. The topological polar surface area (TPSA) is 80.5 Å². The first kappa shape index (κ1) is 13.0. The third-order valence-electron chi connectivity index (χ3n) is 3.58. The number of nitrogens with one attached hydrogen (secondary N) is 1.